The lowest BCUT2D eigenvalue weighted by molar-refractivity contribution is -0.140. The molecule has 1 aromatic heterocycles. The van der Waals surface area contributed by atoms with E-state index in [4.69, 9.17) is 9.84 Å². The average Bonchev–Trinajstić information content (AvgIpc) is 2.48. The third kappa shape index (κ3) is 4.37. The molecule has 7 heteroatoms. The van der Waals surface area contributed by atoms with Gasteiger partial charge in [0.25, 0.3) is 0 Å². The number of carboxylic acids is 1. The van der Waals surface area contributed by atoms with E-state index in [0.717, 1.165) is 18.7 Å². The molecule has 2 rings (SSSR count). The zero-order valence-electron chi connectivity index (χ0n) is 12.5. The van der Waals surface area contributed by atoms with Crippen LogP contribution in [-0.4, -0.2) is 53.4 Å². The second-order valence-electron chi connectivity index (χ2n) is 5.43. The number of ether oxygens (including phenoxy) is 1. The molecule has 116 valence electrons. The molecular formula is C14H22N4O3. The van der Waals surface area contributed by atoms with Crippen LogP contribution in [0.25, 0.3) is 0 Å². The van der Waals surface area contributed by atoms with E-state index in [-0.39, 0.29) is 5.92 Å². The summed E-state index contributed by atoms with van der Waals surface area (Å²) in [7, 11) is 0. The molecule has 1 fully saturated rings. The summed E-state index contributed by atoms with van der Waals surface area (Å²) in [6, 6.07) is -0.566. The Labute approximate surface area is 124 Å². The van der Waals surface area contributed by atoms with E-state index >= 15 is 0 Å². The maximum Gasteiger partial charge on any atom is 0.320 e. The van der Waals surface area contributed by atoms with Gasteiger partial charge in [-0.2, -0.15) is 0 Å². The lowest BCUT2D eigenvalue weighted by atomic mass is 10.0. The van der Waals surface area contributed by atoms with Gasteiger partial charge in [-0.25, -0.2) is 9.97 Å². The van der Waals surface area contributed by atoms with Crippen molar-refractivity contribution in [2.24, 2.45) is 5.92 Å². The summed E-state index contributed by atoms with van der Waals surface area (Å²) < 4.78 is 5.29. The van der Waals surface area contributed by atoms with Crippen molar-refractivity contribution < 1.29 is 14.6 Å². The van der Waals surface area contributed by atoms with Crippen molar-refractivity contribution in [2.75, 3.05) is 31.2 Å². The van der Waals surface area contributed by atoms with Gasteiger partial charge in [0.2, 0.25) is 5.95 Å². The van der Waals surface area contributed by atoms with Gasteiger partial charge < -0.3 is 14.7 Å². The van der Waals surface area contributed by atoms with Gasteiger partial charge in [0.15, 0.2) is 0 Å². The van der Waals surface area contributed by atoms with Crippen LogP contribution < -0.4 is 10.2 Å². The molecule has 21 heavy (non-hydrogen) atoms. The number of nitrogens with one attached hydrogen (secondary N) is 1. The molecule has 1 unspecified atom stereocenters. The highest BCUT2D eigenvalue weighted by atomic mass is 16.5. The van der Waals surface area contributed by atoms with Gasteiger partial charge in [-0.15, -0.1) is 0 Å². The van der Waals surface area contributed by atoms with Gasteiger partial charge in [-0.1, -0.05) is 13.8 Å². The fourth-order valence-electron chi connectivity index (χ4n) is 2.20. The first-order chi connectivity index (χ1) is 10.1. The number of morpholine rings is 1. The number of nitrogens with zero attached hydrogens (tertiary/aromatic N) is 3. The first-order valence-corrected chi connectivity index (χ1v) is 7.17. The number of carbonyl (C=O) groups is 1. The summed E-state index contributed by atoms with van der Waals surface area (Å²) in [5.41, 5.74) is 0.874. The molecule has 1 atom stereocenters. The summed E-state index contributed by atoms with van der Waals surface area (Å²) >= 11 is 0. The third-order valence-corrected chi connectivity index (χ3v) is 3.44. The Morgan fingerprint density at radius 2 is 2.00 bits per heavy atom. The van der Waals surface area contributed by atoms with Crippen molar-refractivity contribution in [3.05, 3.63) is 18.0 Å². The van der Waals surface area contributed by atoms with Crippen molar-refractivity contribution in [1.29, 1.82) is 0 Å². The van der Waals surface area contributed by atoms with E-state index in [9.17, 15) is 4.79 Å². The Bertz CT molecular complexity index is 458. The van der Waals surface area contributed by atoms with Crippen LogP contribution in [0.3, 0.4) is 0 Å². The van der Waals surface area contributed by atoms with Gasteiger partial charge in [0, 0.05) is 37.6 Å². The lowest BCUT2D eigenvalue weighted by Gasteiger charge is -2.26. The second kappa shape index (κ2) is 7.33. The largest absolute Gasteiger partial charge is 0.480 e. The number of anilines is 1. The zero-order chi connectivity index (χ0) is 15.2. The second-order valence-corrected chi connectivity index (χ2v) is 5.43. The standard InChI is InChI=1S/C14H22N4O3/c1-10(2)12(13(19)20)15-7-11-8-16-14(17-9-11)18-3-5-21-6-4-18/h8-10,12,15H,3-7H2,1-2H3,(H,19,20). The number of hydrogen-bond acceptors (Lipinski definition) is 6. The van der Waals surface area contributed by atoms with Gasteiger partial charge in [-0.05, 0) is 5.92 Å². The van der Waals surface area contributed by atoms with Crippen molar-refractivity contribution in [2.45, 2.75) is 26.4 Å². The molecule has 1 aliphatic heterocycles. The minimum Gasteiger partial charge on any atom is -0.480 e. The Morgan fingerprint density at radius 3 is 2.52 bits per heavy atom. The first-order valence-electron chi connectivity index (χ1n) is 7.17. The molecule has 0 bridgehead atoms. The number of aromatic nitrogens is 2. The smallest absolute Gasteiger partial charge is 0.320 e. The number of aliphatic carboxylic acids is 1. The van der Waals surface area contributed by atoms with Crippen LogP contribution in [0.15, 0.2) is 12.4 Å². The molecule has 7 nitrogen and oxygen atoms in total. The van der Waals surface area contributed by atoms with E-state index in [1.807, 2.05) is 13.8 Å². The molecule has 0 radical (unpaired) electrons. The fraction of sp³-hybridized carbons (Fsp3) is 0.643. The van der Waals surface area contributed by atoms with E-state index < -0.39 is 12.0 Å². The molecular weight excluding hydrogens is 272 g/mol. The van der Waals surface area contributed by atoms with Gasteiger partial charge in [0.1, 0.15) is 6.04 Å². The number of carboxylic acid groups (broad SMARTS) is 1. The van der Waals surface area contributed by atoms with Crippen LogP contribution in [0.2, 0.25) is 0 Å². The van der Waals surface area contributed by atoms with E-state index in [1.165, 1.54) is 0 Å². The number of rotatable bonds is 6. The fourth-order valence-corrected chi connectivity index (χ4v) is 2.20. The quantitative estimate of drug-likeness (QED) is 0.790. The van der Waals surface area contributed by atoms with Gasteiger partial charge in [0.05, 0.1) is 13.2 Å². The molecule has 1 saturated heterocycles. The SMILES string of the molecule is CC(C)C(NCc1cnc(N2CCOCC2)nc1)C(=O)O. The van der Waals surface area contributed by atoms with Crippen LogP contribution >= 0.6 is 0 Å². The molecule has 2 heterocycles. The summed E-state index contributed by atoms with van der Waals surface area (Å²) in [6.07, 6.45) is 3.48. The minimum atomic E-state index is -0.837. The Kier molecular flexibility index (Phi) is 5.46. The molecule has 0 amide bonds. The predicted molar refractivity (Wildman–Crippen MR) is 78.2 cm³/mol. The molecule has 1 aliphatic rings. The highest BCUT2D eigenvalue weighted by molar-refractivity contribution is 5.73. The third-order valence-electron chi connectivity index (χ3n) is 3.44. The van der Waals surface area contributed by atoms with Crippen LogP contribution in [-0.2, 0) is 16.1 Å². The first kappa shape index (κ1) is 15.7. The van der Waals surface area contributed by atoms with E-state index in [2.05, 4.69) is 20.2 Å². The van der Waals surface area contributed by atoms with Crippen LogP contribution in [0.5, 0.6) is 0 Å². The lowest BCUT2D eigenvalue weighted by Crippen LogP contribution is -2.40. The summed E-state index contributed by atoms with van der Waals surface area (Å²) in [6.45, 7) is 7.19. The monoisotopic (exact) mass is 294 g/mol. The van der Waals surface area contributed by atoms with E-state index in [1.54, 1.807) is 12.4 Å². The van der Waals surface area contributed by atoms with Crippen LogP contribution in [0.4, 0.5) is 5.95 Å². The predicted octanol–water partition coefficient (Wildman–Crippen LogP) is 0.512. The molecule has 1 aromatic rings. The number of hydrogen-bond donors (Lipinski definition) is 2. The van der Waals surface area contributed by atoms with E-state index in [0.29, 0.717) is 25.7 Å². The summed E-state index contributed by atoms with van der Waals surface area (Å²) in [4.78, 5) is 21.9. The highest BCUT2D eigenvalue weighted by Gasteiger charge is 2.20. The van der Waals surface area contributed by atoms with Crippen molar-refractivity contribution in [3.63, 3.8) is 0 Å². The minimum absolute atomic E-state index is 0.0241. The summed E-state index contributed by atoms with van der Waals surface area (Å²) in [5.74, 6) is -0.118. The highest BCUT2D eigenvalue weighted by Crippen LogP contribution is 2.10. The van der Waals surface area contributed by atoms with Crippen LogP contribution in [0.1, 0.15) is 19.4 Å². The topological polar surface area (TPSA) is 87.6 Å². The molecule has 0 saturated carbocycles. The van der Waals surface area contributed by atoms with Crippen molar-refractivity contribution in [3.8, 4) is 0 Å². The molecule has 0 aliphatic carbocycles. The molecule has 2 N–H and O–H groups in total. The van der Waals surface area contributed by atoms with Crippen molar-refractivity contribution in [1.82, 2.24) is 15.3 Å². The molecule has 0 spiro atoms. The average molecular weight is 294 g/mol. The maximum atomic E-state index is 11.1. The van der Waals surface area contributed by atoms with Crippen LogP contribution in [0, 0.1) is 5.92 Å². The Hall–Kier alpha value is -1.73. The van der Waals surface area contributed by atoms with Crippen molar-refractivity contribution >= 4 is 11.9 Å². The Morgan fingerprint density at radius 1 is 1.38 bits per heavy atom. The normalized spacial score (nSPS) is 17.0. The van der Waals surface area contributed by atoms with Gasteiger partial charge in [-0.3, -0.25) is 10.1 Å². The van der Waals surface area contributed by atoms with Gasteiger partial charge >= 0.3 is 5.97 Å². The molecule has 0 aromatic carbocycles. The maximum absolute atomic E-state index is 11.1. The zero-order valence-corrected chi connectivity index (χ0v) is 12.5. The Balaban J connectivity index is 1.91. The summed E-state index contributed by atoms with van der Waals surface area (Å²) in [5, 5.41) is 12.1.